The first-order valence-electron chi connectivity index (χ1n) is 8.36. The first kappa shape index (κ1) is 18.0. The third kappa shape index (κ3) is 3.54. The highest BCUT2D eigenvalue weighted by atomic mass is 32.2. The SMILES string of the molecule is C[C@H](Sc1nnnn1-c1ccc(O)cc1)C(=O)c1ccc2c(c1)NC(=O)CO2. The maximum atomic E-state index is 12.8. The molecule has 0 radical (unpaired) electrons. The van der Waals surface area contributed by atoms with Gasteiger partial charge in [0, 0.05) is 5.56 Å². The van der Waals surface area contributed by atoms with Gasteiger partial charge in [0.25, 0.3) is 5.91 Å². The van der Waals surface area contributed by atoms with Crippen LogP contribution in [0.15, 0.2) is 47.6 Å². The zero-order chi connectivity index (χ0) is 19.7. The average Bonchev–Trinajstić information content (AvgIpc) is 3.15. The largest absolute Gasteiger partial charge is 0.508 e. The Kier molecular flexibility index (Phi) is 4.70. The van der Waals surface area contributed by atoms with Crippen LogP contribution < -0.4 is 10.1 Å². The summed E-state index contributed by atoms with van der Waals surface area (Å²) in [6.45, 7) is 1.73. The molecule has 28 heavy (non-hydrogen) atoms. The lowest BCUT2D eigenvalue weighted by Gasteiger charge is -2.19. The summed E-state index contributed by atoms with van der Waals surface area (Å²) in [5, 5.41) is 23.7. The van der Waals surface area contributed by atoms with E-state index >= 15 is 0 Å². The molecule has 1 aromatic heterocycles. The monoisotopic (exact) mass is 397 g/mol. The number of carbonyl (C=O) groups is 2. The molecule has 1 aliphatic heterocycles. The van der Waals surface area contributed by atoms with Gasteiger partial charge in [-0.25, -0.2) is 0 Å². The zero-order valence-corrected chi connectivity index (χ0v) is 15.5. The second-order valence-corrected chi connectivity index (χ2v) is 7.37. The van der Waals surface area contributed by atoms with Gasteiger partial charge in [0.2, 0.25) is 5.16 Å². The number of anilines is 1. The molecule has 2 N–H and O–H groups in total. The van der Waals surface area contributed by atoms with Crippen molar-refractivity contribution in [3.8, 4) is 17.2 Å². The fraction of sp³-hybridized carbons (Fsp3) is 0.167. The van der Waals surface area contributed by atoms with Gasteiger partial charge in [-0.1, -0.05) is 11.8 Å². The van der Waals surface area contributed by atoms with Gasteiger partial charge in [0.1, 0.15) is 11.5 Å². The molecule has 9 nitrogen and oxygen atoms in total. The van der Waals surface area contributed by atoms with Crippen molar-refractivity contribution < 1.29 is 19.4 Å². The van der Waals surface area contributed by atoms with Crippen LogP contribution in [-0.2, 0) is 4.79 Å². The summed E-state index contributed by atoms with van der Waals surface area (Å²) < 4.78 is 6.81. The number of ether oxygens (including phenoxy) is 1. The molecule has 0 fully saturated rings. The van der Waals surface area contributed by atoms with E-state index in [1.807, 2.05) is 0 Å². The molecule has 0 spiro atoms. The highest BCUT2D eigenvalue weighted by Crippen LogP contribution is 2.31. The third-order valence-corrected chi connectivity index (χ3v) is 5.12. The van der Waals surface area contributed by atoms with E-state index < -0.39 is 5.25 Å². The number of thioether (sulfide) groups is 1. The van der Waals surface area contributed by atoms with E-state index in [4.69, 9.17) is 4.74 Å². The summed E-state index contributed by atoms with van der Waals surface area (Å²) in [6.07, 6.45) is 0. The van der Waals surface area contributed by atoms with E-state index in [1.54, 1.807) is 37.3 Å². The Labute approximate surface area is 163 Å². The van der Waals surface area contributed by atoms with Crippen molar-refractivity contribution in [3.63, 3.8) is 0 Å². The van der Waals surface area contributed by atoms with E-state index in [-0.39, 0.29) is 24.0 Å². The Morgan fingerprint density at radius 2 is 2.07 bits per heavy atom. The molecule has 0 aliphatic carbocycles. The first-order chi connectivity index (χ1) is 13.5. The summed E-state index contributed by atoms with van der Waals surface area (Å²) in [4.78, 5) is 24.3. The predicted octanol–water partition coefficient (Wildman–Crippen LogP) is 2.06. The van der Waals surface area contributed by atoms with E-state index in [0.29, 0.717) is 27.8 Å². The second-order valence-electron chi connectivity index (χ2n) is 6.06. The lowest BCUT2D eigenvalue weighted by molar-refractivity contribution is -0.118. The van der Waals surface area contributed by atoms with Crippen LogP contribution in [0.2, 0.25) is 0 Å². The molecule has 0 saturated heterocycles. The Balaban J connectivity index is 1.53. The normalized spacial score (nSPS) is 14.0. The number of aromatic hydroxyl groups is 1. The van der Waals surface area contributed by atoms with Gasteiger partial charge in [-0.15, -0.1) is 5.10 Å². The topological polar surface area (TPSA) is 119 Å². The summed E-state index contributed by atoms with van der Waals surface area (Å²) in [7, 11) is 0. The number of fused-ring (bicyclic) bond motifs is 1. The van der Waals surface area contributed by atoms with Gasteiger partial charge in [0.05, 0.1) is 16.6 Å². The number of hydrogen-bond acceptors (Lipinski definition) is 8. The summed E-state index contributed by atoms with van der Waals surface area (Å²) in [5.41, 5.74) is 1.60. The maximum Gasteiger partial charge on any atom is 0.262 e. The van der Waals surface area contributed by atoms with E-state index in [9.17, 15) is 14.7 Å². The Bertz CT molecular complexity index is 1050. The van der Waals surface area contributed by atoms with Gasteiger partial charge in [-0.2, -0.15) is 4.68 Å². The van der Waals surface area contributed by atoms with Crippen molar-refractivity contribution in [2.45, 2.75) is 17.3 Å². The van der Waals surface area contributed by atoms with Crippen molar-refractivity contribution in [1.82, 2.24) is 20.2 Å². The lowest BCUT2D eigenvalue weighted by atomic mass is 10.1. The predicted molar refractivity (Wildman–Crippen MR) is 101 cm³/mol. The molecule has 3 aromatic rings. The van der Waals surface area contributed by atoms with Crippen molar-refractivity contribution in [2.24, 2.45) is 0 Å². The van der Waals surface area contributed by atoms with Crippen molar-refractivity contribution in [3.05, 3.63) is 48.0 Å². The number of nitrogens with one attached hydrogen (secondary N) is 1. The van der Waals surface area contributed by atoms with Gasteiger partial charge >= 0.3 is 0 Å². The number of ketones is 1. The number of benzene rings is 2. The molecule has 1 aliphatic rings. The average molecular weight is 397 g/mol. The maximum absolute atomic E-state index is 12.8. The summed E-state index contributed by atoms with van der Waals surface area (Å²) >= 11 is 1.21. The number of rotatable bonds is 5. The minimum Gasteiger partial charge on any atom is -0.508 e. The van der Waals surface area contributed by atoms with E-state index in [1.165, 1.54) is 28.6 Å². The molecule has 0 bridgehead atoms. The van der Waals surface area contributed by atoms with Gasteiger partial charge in [0.15, 0.2) is 12.4 Å². The molecule has 0 saturated carbocycles. The molecule has 1 amide bonds. The molecule has 1 atom stereocenters. The second kappa shape index (κ2) is 7.31. The number of tetrazole rings is 1. The quantitative estimate of drug-likeness (QED) is 0.496. The molecule has 0 unspecified atom stereocenters. The van der Waals surface area contributed by atoms with Crippen LogP contribution in [0.25, 0.3) is 5.69 Å². The first-order valence-corrected chi connectivity index (χ1v) is 9.24. The van der Waals surface area contributed by atoms with Gasteiger partial charge in [-0.05, 0) is 59.8 Å². The highest BCUT2D eigenvalue weighted by molar-refractivity contribution is 8.00. The number of nitrogens with zero attached hydrogens (tertiary/aromatic N) is 4. The number of Topliss-reactive ketones (excluding diaryl/α,β-unsaturated/α-hetero) is 1. The molecule has 2 aromatic carbocycles. The van der Waals surface area contributed by atoms with Crippen molar-refractivity contribution >= 4 is 29.1 Å². The minimum atomic E-state index is -0.472. The van der Waals surface area contributed by atoms with Crippen molar-refractivity contribution in [2.75, 3.05) is 11.9 Å². The number of phenols is 1. The third-order valence-electron chi connectivity index (χ3n) is 4.08. The van der Waals surface area contributed by atoms with Crippen molar-refractivity contribution in [1.29, 1.82) is 0 Å². The standard InChI is InChI=1S/C18H15N5O4S/c1-10(17(26)11-2-7-15-14(8-11)19-16(25)9-27-15)28-18-20-21-22-23(18)12-3-5-13(24)6-4-12/h2-8,10,24H,9H2,1H3,(H,19,25)/t10-/m0/s1. The van der Waals surface area contributed by atoms with Crippen LogP contribution in [0, 0.1) is 0 Å². The zero-order valence-electron chi connectivity index (χ0n) is 14.7. The molecule has 10 heteroatoms. The lowest BCUT2D eigenvalue weighted by Crippen LogP contribution is -2.25. The Morgan fingerprint density at radius 3 is 2.86 bits per heavy atom. The molecular formula is C18H15N5O4S. The summed E-state index contributed by atoms with van der Waals surface area (Å²) in [5.74, 6) is 0.284. The minimum absolute atomic E-state index is 0.0353. The summed E-state index contributed by atoms with van der Waals surface area (Å²) in [6, 6.07) is 11.4. The number of aromatic nitrogens is 4. The number of amides is 1. The number of hydrogen-bond donors (Lipinski definition) is 2. The fourth-order valence-corrected chi connectivity index (χ4v) is 3.58. The van der Waals surface area contributed by atoms with Crippen LogP contribution in [0.5, 0.6) is 11.5 Å². The highest BCUT2D eigenvalue weighted by Gasteiger charge is 2.23. The molecular weight excluding hydrogens is 382 g/mol. The molecule has 4 rings (SSSR count). The number of phenolic OH excluding ortho intramolecular Hbond substituents is 1. The van der Waals surface area contributed by atoms with Crippen LogP contribution in [0.1, 0.15) is 17.3 Å². The van der Waals surface area contributed by atoms with E-state index in [2.05, 4.69) is 20.8 Å². The Hall–Kier alpha value is -3.40. The number of carbonyl (C=O) groups excluding carboxylic acids is 2. The van der Waals surface area contributed by atoms with Gasteiger partial charge < -0.3 is 15.2 Å². The van der Waals surface area contributed by atoms with Crippen LogP contribution in [0.3, 0.4) is 0 Å². The van der Waals surface area contributed by atoms with Crippen LogP contribution in [-0.4, -0.2) is 48.9 Å². The van der Waals surface area contributed by atoms with E-state index in [0.717, 1.165) is 0 Å². The van der Waals surface area contributed by atoms with Crippen LogP contribution >= 0.6 is 11.8 Å². The molecule has 2 heterocycles. The Morgan fingerprint density at radius 1 is 1.29 bits per heavy atom. The van der Waals surface area contributed by atoms with Gasteiger partial charge in [-0.3, -0.25) is 9.59 Å². The molecule has 142 valence electrons. The fourth-order valence-electron chi connectivity index (χ4n) is 2.69. The smallest absolute Gasteiger partial charge is 0.262 e. The van der Waals surface area contributed by atoms with Crippen LogP contribution in [0.4, 0.5) is 5.69 Å².